The second kappa shape index (κ2) is 7.78. The molecule has 0 amide bonds. The van der Waals surface area contributed by atoms with Crippen molar-refractivity contribution in [1.29, 1.82) is 0 Å². The third-order valence-corrected chi connectivity index (χ3v) is 5.65. The second-order valence-corrected chi connectivity index (χ2v) is 7.30. The fraction of sp³-hybridized carbons (Fsp3) is 0.368. The predicted molar refractivity (Wildman–Crippen MR) is 99.2 cm³/mol. The quantitative estimate of drug-likeness (QED) is 0.632. The standard InChI is InChI=1S/C19H21N5S/c1-2-6-17(7-3-1)24-18(16-8-11-20-12-9-16)22-23-19(24)25-14-15-5-4-10-21-13-15/h4-5,8-13,17H,1-3,6-7,14H2. The number of thioether (sulfide) groups is 1. The lowest BCUT2D eigenvalue weighted by molar-refractivity contribution is 0.339. The second-order valence-electron chi connectivity index (χ2n) is 6.35. The molecule has 0 bridgehead atoms. The van der Waals surface area contributed by atoms with Crippen molar-refractivity contribution in [3.8, 4) is 11.4 Å². The van der Waals surface area contributed by atoms with Gasteiger partial charge in [0.2, 0.25) is 0 Å². The average Bonchev–Trinajstić information content (AvgIpc) is 3.12. The number of aromatic nitrogens is 5. The molecule has 0 atom stereocenters. The van der Waals surface area contributed by atoms with Gasteiger partial charge in [-0.1, -0.05) is 37.1 Å². The summed E-state index contributed by atoms with van der Waals surface area (Å²) in [7, 11) is 0. The fourth-order valence-electron chi connectivity index (χ4n) is 3.37. The molecule has 1 fully saturated rings. The van der Waals surface area contributed by atoms with E-state index in [4.69, 9.17) is 0 Å². The number of nitrogens with zero attached hydrogens (tertiary/aromatic N) is 5. The van der Waals surface area contributed by atoms with Gasteiger partial charge in [-0.25, -0.2) is 0 Å². The lowest BCUT2D eigenvalue weighted by atomic mass is 9.95. The van der Waals surface area contributed by atoms with Crippen LogP contribution in [0.25, 0.3) is 11.4 Å². The van der Waals surface area contributed by atoms with Crippen LogP contribution < -0.4 is 0 Å². The van der Waals surface area contributed by atoms with Crippen LogP contribution in [0.2, 0.25) is 0 Å². The Morgan fingerprint density at radius 1 is 0.960 bits per heavy atom. The van der Waals surface area contributed by atoms with Gasteiger partial charge in [0, 0.05) is 42.1 Å². The van der Waals surface area contributed by atoms with Crippen LogP contribution in [0.3, 0.4) is 0 Å². The number of pyridine rings is 2. The normalized spacial score (nSPS) is 15.4. The van der Waals surface area contributed by atoms with Gasteiger partial charge in [-0.3, -0.25) is 14.5 Å². The zero-order chi connectivity index (χ0) is 16.9. The maximum atomic E-state index is 4.52. The van der Waals surface area contributed by atoms with E-state index in [0.717, 1.165) is 22.3 Å². The molecule has 3 heterocycles. The van der Waals surface area contributed by atoms with E-state index in [1.807, 2.05) is 36.8 Å². The van der Waals surface area contributed by atoms with Gasteiger partial charge in [0.15, 0.2) is 11.0 Å². The van der Waals surface area contributed by atoms with Gasteiger partial charge in [-0.05, 0) is 36.6 Å². The molecule has 4 rings (SSSR count). The molecule has 0 unspecified atom stereocenters. The molecule has 6 heteroatoms. The molecular formula is C19H21N5S. The molecule has 128 valence electrons. The first-order chi connectivity index (χ1) is 12.4. The van der Waals surface area contributed by atoms with Crippen LogP contribution in [-0.2, 0) is 5.75 Å². The molecule has 0 aliphatic heterocycles. The van der Waals surface area contributed by atoms with Crippen molar-refractivity contribution >= 4 is 11.8 Å². The fourth-order valence-corrected chi connectivity index (χ4v) is 4.31. The molecule has 1 aliphatic carbocycles. The summed E-state index contributed by atoms with van der Waals surface area (Å²) in [6.07, 6.45) is 13.7. The Kier molecular flexibility index (Phi) is 5.06. The van der Waals surface area contributed by atoms with Crippen molar-refractivity contribution in [2.75, 3.05) is 0 Å². The lowest BCUT2D eigenvalue weighted by Crippen LogP contribution is -2.15. The van der Waals surface area contributed by atoms with Crippen LogP contribution in [0, 0.1) is 0 Å². The highest BCUT2D eigenvalue weighted by Crippen LogP contribution is 2.36. The van der Waals surface area contributed by atoms with E-state index < -0.39 is 0 Å². The van der Waals surface area contributed by atoms with Crippen LogP contribution in [0.5, 0.6) is 0 Å². The summed E-state index contributed by atoms with van der Waals surface area (Å²) in [5, 5.41) is 10.0. The molecule has 0 saturated heterocycles. The first-order valence-electron chi connectivity index (χ1n) is 8.79. The molecule has 25 heavy (non-hydrogen) atoms. The highest BCUT2D eigenvalue weighted by Gasteiger charge is 2.23. The van der Waals surface area contributed by atoms with Gasteiger partial charge < -0.3 is 0 Å². The molecule has 5 nitrogen and oxygen atoms in total. The number of hydrogen-bond donors (Lipinski definition) is 0. The predicted octanol–water partition coefficient (Wildman–Crippen LogP) is 4.53. The molecule has 1 aliphatic rings. The summed E-state index contributed by atoms with van der Waals surface area (Å²) in [6, 6.07) is 8.59. The minimum atomic E-state index is 0.489. The summed E-state index contributed by atoms with van der Waals surface area (Å²) in [6.45, 7) is 0. The Morgan fingerprint density at radius 3 is 2.56 bits per heavy atom. The van der Waals surface area contributed by atoms with Gasteiger partial charge >= 0.3 is 0 Å². The Hall–Kier alpha value is -2.21. The molecule has 1 saturated carbocycles. The van der Waals surface area contributed by atoms with Gasteiger partial charge in [-0.2, -0.15) is 0 Å². The van der Waals surface area contributed by atoms with E-state index in [1.165, 1.54) is 37.7 Å². The first kappa shape index (κ1) is 16.3. The maximum Gasteiger partial charge on any atom is 0.192 e. The van der Waals surface area contributed by atoms with E-state index in [1.54, 1.807) is 18.0 Å². The van der Waals surface area contributed by atoms with Gasteiger partial charge in [0.1, 0.15) is 0 Å². The van der Waals surface area contributed by atoms with Gasteiger partial charge in [0.05, 0.1) is 0 Å². The topological polar surface area (TPSA) is 56.5 Å². The third kappa shape index (κ3) is 3.74. The van der Waals surface area contributed by atoms with Crippen molar-refractivity contribution in [1.82, 2.24) is 24.7 Å². The highest BCUT2D eigenvalue weighted by molar-refractivity contribution is 7.98. The first-order valence-corrected chi connectivity index (χ1v) is 9.77. The van der Waals surface area contributed by atoms with E-state index in [2.05, 4.69) is 30.8 Å². The Balaban J connectivity index is 1.65. The Morgan fingerprint density at radius 2 is 1.80 bits per heavy atom. The maximum absolute atomic E-state index is 4.52. The van der Waals surface area contributed by atoms with E-state index in [-0.39, 0.29) is 0 Å². The molecule has 3 aromatic rings. The molecule has 0 N–H and O–H groups in total. The van der Waals surface area contributed by atoms with Crippen molar-refractivity contribution in [2.24, 2.45) is 0 Å². The molecular weight excluding hydrogens is 330 g/mol. The average molecular weight is 351 g/mol. The van der Waals surface area contributed by atoms with Gasteiger partial charge in [-0.15, -0.1) is 10.2 Å². The minimum absolute atomic E-state index is 0.489. The van der Waals surface area contributed by atoms with E-state index in [9.17, 15) is 0 Å². The summed E-state index contributed by atoms with van der Waals surface area (Å²) >= 11 is 1.74. The number of hydrogen-bond acceptors (Lipinski definition) is 5. The Bertz CT molecular complexity index is 797. The van der Waals surface area contributed by atoms with Crippen LogP contribution >= 0.6 is 11.8 Å². The van der Waals surface area contributed by atoms with Crippen molar-refractivity contribution in [3.05, 3.63) is 54.6 Å². The molecule has 0 spiro atoms. The number of rotatable bonds is 5. The summed E-state index contributed by atoms with van der Waals surface area (Å²) in [5.74, 6) is 1.82. The smallest absolute Gasteiger partial charge is 0.192 e. The zero-order valence-corrected chi connectivity index (χ0v) is 14.9. The SMILES string of the molecule is c1cncc(CSc2nnc(-c3ccncc3)n2C2CCCCC2)c1. The summed E-state index contributed by atoms with van der Waals surface area (Å²) in [4.78, 5) is 8.33. The molecule has 0 aromatic carbocycles. The third-order valence-electron chi connectivity index (χ3n) is 4.63. The van der Waals surface area contributed by atoms with Crippen molar-refractivity contribution < 1.29 is 0 Å². The highest BCUT2D eigenvalue weighted by atomic mass is 32.2. The van der Waals surface area contributed by atoms with Gasteiger partial charge in [0.25, 0.3) is 0 Å². The summed E-state index contributed by atoms with van der Waals surface area (Å²) in [5.41, 5.74) is 2.29. The van der Waals surface area contributed by atoms with Crippen LogP contribution in [-0.4, -0.2) is 24.7 Å². The van der Waals surface area contributed by atoms with Crippen LogP contribution in [0.1, 0.15) is 43.7 Å². The Labute approximate surface area is 151 Å². The molecule has 0 radical (unpaired) electrons. The minimum Gasteiger partial charge on any atom is -0.299 e. The van der Waals surface area contributed by atoms with Crippen molar-refractivity contribution in [2.45, 2.75) is 49.1 Å². The van der Waals surface area contributed by atoms with Crippen LogP contribution in [0.15, 0.2) is 54.2 Å². The van der Waals surface area contributed by atoms with Crippen molar-refractivity contribution in [3.63, 3.8) is 0 Å². The monoisotopic (exact) mass is 351 g/mol. The van der Waals surface area contributed by atoms with Crippen LogP contribution in [0.4, 0.5) is 0 Å². The summed E-state index contributed by atoms with van der Waals surface area (Å²) < 4.78 is 2.36. The van der Waals surface area contributed by atoms with E-state index >= 15 is 0 Å². The zero-order valence-electron chi connectivity index (χ0n) is 14.1. The largest absolute Gasteiger partial charge is 0.299 e. The lowest BCUT2D eigenvalue weighted by Gasteiger charge is -2.25. The van der Waals surface area contributed by atoms with E-state index in [0.29, 0.717) is 6.04 Å². The molecule has 3 aromatic heterocycles.